The van der Waals surface area contributed by atoms with Gasteiger partial charge in [-0.05, 0) is 36.4 Å². The number of amides is 1. The molecule has 3 rings (SSSR count). The first kappa shape index (κ1) is 18.9. The number of fused-ring (bicyclic) bond motifs is 1. The molecule has 5 nitrogen and oxygen atoms in total. The van der Waals surface area contributed by atoms with Crippen molar-refractivity contribution in [3.63, 3.8) is 0 Å². The van der Waals surface area contributed by atoms with E-state index >= 15 is 0 Å². The Morgan fingerprint density at radius 1 is 1.07 bits per heavy atom. The van der Waals surface area contributed by atoms with E-state index in [1.165, 1.54) is 18.2 Å². The van der Waals surface area contributed by atoms with Crippen LogP contribution in [0.25, 0.3) is 10.8 Å². The molecule has 1 heterocycles. The van der Waals surface area contributed by atoms with E-state index < -0.39 is 17.6 Å². The minimum atomic E-state index is -4.49. The van der Waals surface area contributed by atoms with Crippen molar-refractivity contribution in [3.05, 3.63) is 58.7 Å². The lowest BCUT2D eigenvalue weighted by atomic mass is 10.1. The molecule has 0 aliphatic rings. The molecular formula is C18H14ClF3N4O. The van der Waals surface area contributed by atoms with Gasteiger partial charge in [0.15, 0.2) is 11.0 Å². The van der Waals surface area contributed by atoms with Crippen LogP contribution in [0.5, 0.6) is 0 Å². The van der Waals surface area contributed by atoms with Crippen LogP contribution in [0.4, 0.5) is 24.7 Å². The van der Waals surface area contributed by atoms with E-state index in [0.29, 0.717) is 16.6 Å². The maximum Gasteiger partial charge on any atom is 0.416 e. The van der Waals surface area contributed by atoms with Crippen LogP contribution in [0, 0.1) is 0 Å². The molecule has 1 amide bonds. The highest BCUT2D eigenvalue weighted by Crippen LogP contribution is 2.31. The molecule has 0 aliphatic heterocycles. The summed E-state index contributed by atoms with van der Waals surface area (Å²) in [5.41, 5.74) is -0.560. The number of rotatable bonds is 3. The van der Waals surface area contributed by atoms with Crippen molar-refractivity contribution in [2.24, 2.45) is 0 Å². The van der Waals surface area contributed by atoms with E-state index in [2.05, 4.69) is 15.5 Å². The minimum Gasteiger partial charge on any atom is -0.361 e. The Morgan fingerprint density at radius 3 is 2.48 bits per heavy atom. The summed E-state index contributed by atoms with van der Waals surface area (Å²) in [7, 11) is 3.59. The van der Waals surface area contributed by atoms with Gasteiger partial charge in [-0.15, -0.1) is 10.2 Å². The number of aromatic nitrogens is 2. The zero-order chi connectivity index (χ0) is 19.8. The molecule has 0 aliphatic carbocycles. The second-order valence-electron chi connectivity index (χ2n) is 6.00. The van der Waals surface area contributed by atoms with Crippen LogP contribution >= 0.6 is 11.6 Å². The summed E-state index contributed by atoms with van der Waals surface area (Å²) in [5.74, 6) is 0.0229. The number of hydrogen-bond acceptors (Lipinski definition) is 4. The lowest BCUT2D eigenvalue weighted by Gasteiger charge is -2.14. The van der Waals surface area contributed by atoms with Crippen molar-refractivity contribution in [2.45, 2.75) is 6.18 Å². The maximum absolute atomic E-state index is 12.8. The number of alkyl halides is 3. The molecule has 0 saturated carbocycles. The van der Waals surface area contributed by atoms with Gasteiger partial charge in [0, 0.05) is 36.1 Å². The number of benzene rings is 2. The number of hydrogen-bond donors (Lipinski definition) is 1. The molecule has 0 unspecified atom stereocenters. The van der Waals surface area contributed by atoms with Crippen LogP contribution in [0.1, 0.15) is 15.9 Å². The Morgan fingerprint density at radius 2 is 1.81 bits per heavy atom. The summed E-state index contributed by atoms with van der Waals surface area (Å²) in [6.07, 6.45) is -4.49. The highest BCUT2D eigenvalue weighted by molar-refractivity contribution is 6.34. The lowest BCUT2D eigenvalue weighted by molar-refractivity contribution is -0.137. The molecule has 0 saturated heterocycles. The van der Waals surface area contributed by atoms with Crippen molar-refractivity contribution in [1.82, 2.24) is 10.2 Å². The average Bonchev–Trinajstić information content (AvgIpc) is 2.61. The Kier molecular flexibility index (Phi) is 4.93. The second kappa shape index (κ2) is 7.03. The van der Waals surface area contributed by atoms with Crippen LogP contribution < -0.4 is 10.2 Å². The van der Waals surface area contributed by atoms with Gasteiger partial charge >= 0.3 is 6.18 Å². The number of nitrogens with zero attached hydrogens (tertiary/aromatic N) is 3. The fourth-order valence-electron chi connectivity index (χ4n) is 2.56. The Bertz CT molecular complexity index is 1020. The highest BCUT2D eigenvalue weighted by Gasteiger charge is 2.30. The van der Waals surface area contributed by atoms with E-state index in [-0.39, 0.29) is 16.4 Å². The van der Waals surface area contributed by atoms with Crippen LogP contribution in [0.2, 0.25) is 5.15 Å². The number of halogens is 4. The summed E-state index contributed by atoms with van der Waals surface area (Å²) in [6.45, 7) is 0. The monoisotopic (exact) mass is 394 g/mol. The molecule has 3 aromatic rings. The second-order valence-corrected chi connectivity index (χ2v) is 6.36. The molecular weight excluding hydrogens is 381 g/mol. The molecule has 1 N–H and O–H groups in total. The number of anilines is 2. The van der Waals surface area contributed by atoms with Gasteiger partial charge < -0.3 is 10.2 Å². The van der Waals surface area contributed by atoms with Gasteiger partial charge in [0.1, 0.15) is 0 Å². The summed E-state index contributed by atoms with van der Waals surface area (Å²) in [4.78, 5) is 14.2. The third-order valence-corrected chi connectivity index (χ3v) is 4.13. The van der Waals surface area contributed by atoms with Gasteiger partial charge in [0.05, 0.1) is 5.56 Å². The highest BCUT2D eigenvalue weighted by atomic mass is 35.5. The minimum absolute atomic E-state index is 0.0443. The standard InChI is InChI=1S/C18H14ClF3N4O/c1-26(2)16-13-7-6-10(8-14(13)15(19)24-25-16)17(27)23-12-5-3-4-11(9-12)18(20,21)22/h3-9H,1-2H3,(H,23,27). The Labute approximate surface area is 157 Å². The van der Waals surface area contributed by atoms with Crippen LogP contribution in [0.3, 0.4) is 0 Å². The molecule has 0 atom stereocenters. The molecule has 0 fully saturated rings. The van der Waals surface area contributed by atoms with E-state index in [0.717, 1.165) is 12.1 Å². The van der Waals surface area contributed by atoms with Gasteiger partial charge in [0.2, 0.25) is 0 Å². The van der Waals surface area contributed by atoms with E-state index in [4.69, 9.17) is 11.6 Å². The molecule has 2 aromatic carbocycles. The molecule has 1 aromatic heterocycles. The van der Waals surface area contributed by atoms with Gasteiger partial charge in [-0.25, -0.2) is 0 Å². The Balaban J connectivity index is 1.94. The SMILES string of the molecule is CN(C)c1nnc(Cl)c2cc(C(=O)Nc3cccc(C(F)(F)F)c3)ccc12. The maximum atomic E-state index is 12.8. The lowest BCUT2D eigenvalue weighted by Crippen LogP contribution is -2.14. The third-order valence-electron chi connectivity index (χ3n) is 3.85. The largest absolute Gasteiger partial charge is 0.416 e. The topological polar surface area (TPSA) is 58.1 Å². The van der Waals surface area contributed by atoms with Crippen molar-refractivity contribution < 1.29 is 18.0 Å². The number of nitrogens with one attached hydrogen (secondary N) is 1. The van der Waals surface area contributed by atoms with Crippen LogP contribution in [-0.4, -0.2) is 30.2 Å². The number of carbonyl (C=O) groups is 1. The molecule has 0 bridgehead atoms. The first-order valence-corrected chi connectivity index (χ1v) is 8.16. The summed E-state index contributed by atoms with van der Waals surface area (Å²) in [6, 6.07) is 9.19. The predicted octanol–water partition coefficient (Wildman–Crippen LogP) is 4.62. The molecule has 140 valence electrons. The fourth-order valence-corrected chi connectivity index (χ4v) is 2.75. The Hall–Kier alpha value is -2.87. The zero-order valence-electron chi connectivity index (χ0n) is 14.3. The number of carbonyl (C=O) groups excluding carboxylic acids is 1. The molecule has 27 heavy (non-hydrogen) atoms. The van der Waals surface area contributed by atoms with Gasteiger partial charge in [0.25, 0.3) is 5.91 Å². The molecule has 9 heteroatoms. The quantitative estimate of drug-likeness (QED) is 0.704. The smallest absolute Gasteiger partial charge is 0.361 e. The predicted molar refractivity (Wildman–Crippen MR) is 98.3 cm³/mol. The van der Waals surface area contributed by atoms with Crippen molar-refractivity contribution >= 4 is 39.8 Å². The summed E-state index contributed by atoms with van der Waals surface area (Å²) in [5, 5.41) is 11.7. The van der Waals surface area contributed by atoms with Crippen LogP contribution in [-0.2, 0) is 6.18 Å². The molecule has 0 spiro atoms. The van der Waals surface area contributed by atoms with Crippen molar-refractivity contribution in [3.8, 4) is 0 Å². The summed E-state index contributed by atoms with van der Waals surface area (Å²) >= 11 is 6.09. The first-order chi connectivity index (χ1) is 12.7. The zero-order valence-corrected chi connectivity index (χ0v) is 15.1. The first-order valence-electron chi connectivity index (χ1n) is 7.78. The van der Waals surface area contributed by atoms with Gasteiger partial charge in [-0.1, -0.05) is 17.7 Å². The van der Waals surface area contributed by atoms with Crippen LogP contribution in [0.15, 0.2) is 42.5 Å². The summed E-state index contributed by atoms with van der Waals surface area (Å²) < 4.78 is 38.4. The van der Waals surface area contributed by atoms with E-state index in [9.17, 15) is 18.0 Å². The normalized spacial score (nSPS) is 11.5. The van der Waals surface area contributed by atoms with Crippen molar-refractivity contribution in [1.29, 1.82) is 0 Å². The van der Waals surface area contributed by atoms with Crippen molar-refractivity contribution in [2.75, 3.05) is 24.3 Å². The van der Waals surface area contributed by atoms with E-state index in [1.54, 1.807) is 31.1 Å². The fraction of sp³-hybridized carbons (Fsp3) is 0.167. The average molecular weight is 395 g/mol. The third kappa shape index (κ3) is 3.95. The molecule has 0 radical (unpaired) electrons. The van der Waals surface area contributed by atoms with E-state index in [1.807, 2.05) is 0 Å². The van der Waals surface area contributed by atoms with Gasteiger partial charge in [-0.3, -0.25) is 4.79 Å². The van der Waals surface area contributed by atoms with Gasteiger partial charge in [-0.2, -0.15) is 13.2 Å².